The first kappa shape index (κ1) is 24.1. The molecule has 8 nitrogen and oxygen atoms in total. The minimum absolute atomic E-state index is 0.0919. The smallest absolute Gasteiger partial charge is 0.410 e. The molecule has 1 N–H and O–H groups in total. The zero-order valence-electron chi connectivity index (χ0n) is 20.2. The van der Waals surface area contributed by atoms with Crippen molar-refractivity contribution >= 4 is 12.1 Å². The lowest BCUT2D eigenvalue weighted by molar-refractivity contribution is -0.151. The van der Waals surface area contributed by atoms with Crippen LogP contribution in [0.3, 0.4) is 0 Å². The predicted molar refractivity (Wildman–Crippen MR) is 126 cm³/mol. The number of hydrogen-bond acceptors (Lipinski definition) is 6. The van der Waals surface area contributed by atoms with E-state index in [1.54, 1.807) is 18.9 Å². The summed E-state index contributed by atoms with van der Waals surface area (Å²) in [5, 5.41) is 13.6. The van der Waals surface area contributed by atoms with Crippen molar-refractivity contribution in [2.75, 3.05) is 7.05 Å². The van der Waals surface area contributed by atoms with Crippen LogP contribution in [-0.2, 0) is 16.1 Å². The number of rotatable bonds is 7. The molecule has 1 heterocycles. The second kappa shape index (κ2) is 10.1. The molecule has 0 spiro atoms. The predicted octanol–water partition coefficient (Wildman–Crippen LogP) is 5.57. The molecule has 1 aromatic heterocycles. The molecule has 8 heteroatoms. The Morgan fingerprint density at radius 2 is 1.88 bits per heavy atom. The zero-order chi connectivity index (χ0) is 24.3. The molecular weight excluding hydrogens is 436 g/mol. The van der Waals surface area contributed by atoms with Gasteiger partial charge in [0.25, 0.3) is 0 Å². The van der Waals surface area contributed by atoms with Crippen molar-refractivity contribution in [1.82, 2.24) is 10.1 Å². The van der Waals surface area contributed by atoms with E-state index in [2.05, 4.69) is 5.16 Å². The minimum atomic E-state index is -0.764. The summed E-state index contributed by atoms with van der Waals surface area (Å²) >= 11 is 0. The van der Waals surface area contributed by atoms with Crippen LogP contribution in [0.5, 0.6) is 5.75 Å². The Morgan fingerprint density at radius 1 is 1.18 bits per heavy atom. The first-order chi connectivity index (χ1) is 16.3. The van der Waals surface area contributed by atoms with Gasteiger partial charge >= 0.3 is 12.1 Å². The van der Waals surface area contributed by atoms with E-state index in [0.717, 1.165) is 49.7 Å². The van der Waals surface area contributed by atoms with Crippen molar-refractivity contribution in [2.24, 2.45) is 5.41 Å². The fraction of sp³-hybridized carbons (Fsp3) is 0.577. The van der Waals surface area contributed by atoms with Gasteiger partial charge in [-0.15, -0.1) is 0 Å². The van der Waals surface area contributed by atoms with Crippen molar-refractivity contribution < 1.29 is 28.7 Å². The molecule has 0 radical (unpaired) electrons. The average Bonchev–Trinajstić information content (AvgIpc) is 3.48. The van der Waals surface area contributed by atoms with Crippen LogP contribution >= 0.6 is 0 Å². The largest absolute Gasteiger partial charge is 0.490 e. The minimum Gasteiger partial charge on any atom is -0.490 e. The Bertz CT molecular complexity index is 1010. The van der Waals surface area contributed by atoms with E-state index in [9.17, 15) is 14.7 Å². The number of aryl methyl sites for hydroxylation is 1. The van der Waals surface area contributed by atoms with E-state index in [0.29, 0.717) is 30.0 Å². The molecule has 0 aliphatic heterocycles. The Morgan fingerprint density at radius 3 is 2.56 bits per heavy atom. The van der Waals surface area contributed by atoms with Crippen LogP contribution in [0.25, 0.3) is 11.3 Å². The molecule has 4 rings (SSSR count). The van der Waals surface area contributed by atoms with E-state index in [4.69, 9.17) is 14.0 Å². The number of carbonyl (C=O) groups is 2. The molecule has 1 amide bonds. The third-order valence-electron chi connectivity index (χ3n) is 7.35. The fourth-order valence-electron chi connectivity index (χ4n) is 5.06. The summed E-state index contributed by atoms with van der Waals surface area (Å²) < 4.78 is 17.2. The van der Waals surface area contributed by atoms with Gasteiger partial charge in [-0.1, -0.05) is 18.0 Å². The Kier molecular flexibility index (Phi) is 7.14. The topological polar surface area (TPSA) is 102 Å². The molecule has 0 bridgehead atoms. The molecule has 34 heavy (non-hydrogen) atoms. The van der Waals surface area contributed by atoms with Crippen molar-refractivity contribution in [3.63, 3.8) is 0 Å². The molecule has 2 fully saturated rings. The van der Waals surface area contributed by atoms with Crippen LogP contribution in [-0.4, -0.2) is 46.4 Å². The van der Waals surface area contributed by atoms with Gasteiger partial charge in [0.15, 0.2) is 5.76 Å². The van der Waals surface area contributed by atoms with Crippen molar-refractivity contribution in [2.45, 2.75) is 84.0 Å². The first-order valence-corrected chi connectivity index (χ1v) is 12.1. The second-order valence-electron chi connectivity index (χ2n) is 9.91. The van der Waals surface area contributed by atoms with Crippen molar-refractivity contribution in [1.29, 1.82) is 0 Å². The first-order valence-electron chi connectivity index (χ1n) is 12.1. The third kappa shape index (κ3) is 5.21. The Labute approximate surface area is 200 Å². The highest BCUT2D eigenvalue weighted by Gasteiger charge is 2.39. The van der Waals surface area contributed by atoms with Gasteiger partial charge in [0.1, 0.15) is 12.4 Å². The van der Waals surface area contributed by atoms with Gasteiger partial charge in [0.05, 0.1) is 22.8 Å². The maximum atomic E-state index is 12.5. The number of nitrogens with zero attached hydrogens (tertiary/aromatic N) is 2. The third-order valence-corrected chi connectivity index (χ3v) is 7.35. The summed E-state index contributed by atoms with van der Waals surface area (Å²) in [6, 6.07) is 7.71. The number of amides is 1. The van der Waals surface area contributed by atoms with E-state index in [-0.39, 0.29) is 24.8 Å². The number of carbonyl (C=O) groups excluding carboxylic acids is 1. The summed E-state index contributed by atoms with van der Waals surface area (Å²) in [4.78, 5) is 25.8. The normalized spacial score (nSPS) is 23.0. The molecule has 1 aromatic carbocycles. The fourth-order valence-corrected chi connectivity index (χ4v) is 5.06. The second-order valence-corrected chi connectivity index (χ2v) is 9.91. The van der Waals surface area contributed by atoms with Gasteiger partial charge in [0.2, 0.25) is 0 Å². The number of aliphatic carboxylic acids is 1. The average molecular weight is 471 g/mol. The van der Waals surface area contributed by atoms with Gasteiger partial charge in [-0.05, 0) is 70.2 Å². The quantitative estimate of drug-likeness (QED) is 0.564. The zero-order valence-corrected chi connectivity index (χ0v) is 20.2. The van der Waals surface area contributed by atoms with Crippen LogP contribution in [0, 0.1) is 12.3 Å². The summed E-state index contributed by atoms with van der Waals surface area (Å²) in [5.41, 5.74) is 1.49. The van der Waals surface area contributed by atoms with E-state index in [1.807, 2.05) is 31.2 Å². The molecule has 2 saturated carbocycles. The van der Waals surface area contributed by atoms with Crippen LogP contribution in [0.2, 0.25) is 0 Å². The van der Waals surface area contributed by atoms with Crippen LogP contribution < -0.4 is 4.74 Å². The number of aromatic nitrogens is 1. The van der Waals surface area contributed by atoms with E-state index >= 15 is 0 Å². The number of carboxylic acid groups (broad SMARTS) is 1. The molecule has 2 aliphatic rings. The van der Waals surface area contributed by atoms with E-state index < -0.39 is 11.4 Å². The highest BCUT2D eigenvalue weighted by atomic mass is 16.6. The summed E-state index contributed by atoms with van der Waals surface area (Å²) in [7, 11) is 1.80. The molecule has 2 aliphatic carbocycles. The Hall–Kier alpha value is -3.03. The SMILES string of the molecule is Cc1noc(-c2ccc(O[C@H]3CCC[C@](C)(C(=O)O)C3)cc2)c1COC(=O)N(C)C1CCCC1. The van der Waals surface area contributed by atoms with Gasteiger partial charge in [-0.3, -0.25) is 4.79 Å². The van der Waals surface area contributed by atoms with Crippen LogP contribution in [0.4, 0.5) is 4.79 Å². The molecule has 2 atom stereocenters. The van der Waals surface area contributed by atoms with Crippen molar-refractivity contribution in [3.05, 3.63) is 35.5 Å². The number of benzene rings is 1. The molecule has 0 unspecified atom stereocenters. The van der Waals surface area contributed by atoms with Crippen molar-refractivity contribution in [3.8, 4) is 17.1 Å². The van der Waals surface area contributed by atoms with E-state index in [1.165, 1.54) is 0 Å². The monoisotopic (exact) mass is 470 g/mol. The summed E-state index contributed by atoms with van der Waals surface area (Å²) in [6.45, 7) is 3.71. The van der Waals surface area contributed by atoms with Gasteiger partial charge in [-0.2, -0.15) is 0 Å². The van der Waals surface area contributed by atoms with Gasteiger partial charge in [-0.25, -0.2) is 4.79 Å². The Balaban J connectivity index is 1.39. The molecule has 184 valence electrons. The highest BCUT2D eigenvalue weighted by molar-refractivity contribution is 5.74. The lowest BCUT2D eigenvalue weighted by Crippen LogP contribution is -2.37. The molecule has 0 saturated heterocycles. The maximum Gasteiger partial charge on any atom is 0.410 e. The lowest BCUT2D eigenvalue weighted by atomic mass is 9.74. The summed E-state index contributed by atoms with van der Waals surface area (Å²) in [6.07, 6.45) is 6.74. The van der Waals surface area contributed by atoms with Crippen LogP contribution in [0.15, 0.2) is 28.8 Å². The molecule has 2 aromatic rings. The van der Waals surface area contributed by atoms with Gasteiger partial charge < -0.3 is 24.0 Å². The number of carboxylic acids is 1. The van der Waals surface area contributed by atoms with Crippen LogP contribution in [0.1, 0.15) is 69.5 Å². The summed E-state index contributed by atoms with van der Waals surface area (Å²) in [5.74, 6) is 0.488. The highest BCUT2D eigenvalue weighted by Crippen LogP contribution is 2.38. The molecular formula is C26H34N2O6. The number of hydrogen-bond donors (Lipinski definition) is 1. The maximum absolute atomic E-state index is 12.5. The van der Waals surface area contributed by atoms with Gasteiger partial charge in [0, 0.05) is 25.1 Å². The number of ether oxygens (including phenoxy) is 2. The lowest BCUT2D eigenvalue weighted by Gasteiger charge is -2.34. The standard InChI is InChI=1S/C26H34N2O6/c1-17-22(16-32-25(31)28(3)19-7-4-5-8-19)23(34-27-17)18-10-12-20(13-11-18)33-21-9-6-14-26(2,15-21)24(29)30/h10-13,19,21H,4-9,14-16H2,1-3H3,(H,29,30)/t21-,26-/m0/s1.